The number of halogens is 1. The van der Waals surface area contributed by atoms with Gasteiger partial charge in [-0.05, 0) is 35.0 Å². The van der Waals surface area contributed by atoms with Crippen LogP contribution in [0.1, 0.15) is 12.8 Å². The summed E-state index contributed by atoms with van der Waals surface area (Å²) in [5.74, 6) is -0.184. The van der Waals surface area contributed by atoms with E-state index in [1.165, 1.54) is 0 Å². The van der Waals surface area contributed by atoms with Crippen molar-refractivity contribution in [2.75, 3.05) is 0 Å². The van der Waals surface area contributed by atoms with Crippen LogP contribution >= 0.6 is 15.9 Å². The molecule has 19 heavy (non-hydrogen) atoms. The summed E-state index contributed by atoms with van der Waals surface area (Å²) in [5.41, 5.74) is 0.799. The van der Waals surface area contributed by atoms with Gasteiger partial charge in [-0.25, -0.2) is 0 Å². The molecule has 0 amide bonds. The number of aromatic nitrogens is 2. The standard InChI is InChI=1S/C12H12BrN3O3/c1-7(12(17)18)14-6-10-15-16-11(19-10)8-4-2-3-5-9(8)13/h2-5,7,14H,6H2,1H3,(H,17,18)/t7-/m0/s1. The van der Waals surface area contributed by atoms with Crippen molar-refractivity contribution in [2.24, 2.45) is 0 Å². The third-order valence-electron chi connectivity index (χ3n) is 2.50. The van der Waals surface area contributed by atoms with E-state index in [4.69, 9.17) is 9.52 Å². The van der Waals surface area contributed by atoms with Crippen molar-refractivity contribution < 1.29 is 14.3 Å². The number of nitrogens with one attached hydrogen (secondary N) is 1. The molecular weight excluding hydrogens is 314 g/mol. The van der Waals surface area contributed by atoms with E-state index in [0.29, 0.717) is 11.8 Å². The van der Waals surface area contributed by atoms with Crippen LogP contribution in [0.2, 0.25) is 0 Å². The Morgan fingerprint density at radius 1 is 1.47 bits per heavy atom. The van der Waals surface area contributed by atoms with E-state index in [-0.39, 0.29) is 6.54 Å². The van der Waals surface area contributed by atoms with Gasteiger partial charge in [0, 0.05) is 4.47 Å². The van der Waals surface area contributed by atoms with Gasteiger partial charge in [0.2, 0.25) is 11.8 Å². The lowest BCUT2D eigenvalue weighted by Gasteiger charge is -2.05. The monoisotopic (exact) mass is 325 g/mol. The minimum atomic E-state index is -0.925. The van der Waals surface area contributed by atoms with Crippen LogP contribution in [0.25, 0.3) is 11.5 Å². The topological polar surface area (TPSA) is 88.3 Å². The van der Waals surface area contributed by atoms with Crippen LogP contribution in [0.4, 0.5) is 0 Å². The van der Waals surface area contributed by atoms with Crippen LogP contribution in [-0.2, 0) is 11.3 Å². The van der Waals surface area contributed by atoms with Gasteiger partial charge in [0.15, 0.2) is 0 Å². The highest BCUT2D eigenvalue weighted by molar-refractivity contribution is 9.10. The van der Waals surface area contributed by atoms with Crippen molar-refractivity contribution in [3.05, 3.63) is 34.6 Å². The number of carbonyl (C=O) groups is 1. The zero-order chi connectivity index (χ0) is 13.8. The molecule has 0 fully saturated rings. The lowest BCUT2D eigenvalue weighted by molar-refractivity contribution is -0.139. The van der Waals surface area contributed by atoms with Gasteiger partial charge in [0.05, 0.1) is 12.1 Å². The first kappa shape index (κ1) is 13.7. The van der Waals surface area contributed by atoms with Gasteiger partial charge in [0.25, 0.3) is 0 Å². The Hall–Kier alpha value is -1.73. The summed E-state index contributed by atoms with van der Waals surface area (Å²) in [4.78, 5) is 10.7. The predicted molar refractivity (Wildman–Crippen MR) is 71.4 cm³/mol. The molecule has 1 aromatic heterocycles. The van der Waals surface area contributed by atoms with Gasteiger partial charge in [-0.1, -0.05) is 12.1 Å². The second-order valence-corrected chi connectivity index (χ2v) is 4.78. The van der Waals surface area contributed by atoms with E-state index in [0.717, 1.165) is 10.0 Å². The second-order valence-electron chi connectivity index (χ2n) is 3.92. The van der Waals surface area contributed by atoms with Crippen molar-refractivity contribution in [3.63, 3.8) is 0 Å². The first-order valence-corrected chi connectivity index (χ1v) is 6.40. The molecule has 2 rings (SSSR count). The SMILES string of the molecule is C[C@H](NCc1nnc(-c2ccccc2Br)o1)C(=O)O. The molecule has 0 saturated carbocycles. The van der Waals surface area contributed by atoms with Gasteiger partial charge in [-0.3, -0.25) is 10.1 Å². The summed E-state index contributed by atoms with van der Waals surface area (Å²) in [5, 5.41) is 19.3. The molecule has 0 aliphatic carbocycles. The van der Waals surface area contributed by atoms with E-state index in [9.17, 15) is 4.79 Å². The van der Waals surface area contributed by atoms with Gasteiger partial charge in [-0.15, -0.1) is 10.2 Å². The maximum atomic E-state index is 10.7. The first-order valence-electron chi connectivity index (χ1n) is 5.61. The summed E-state index contributed by atoms with van der Waals surface area (Å²) in [7, 11) is 0. The summed E-state index contributed by atoms with van der Waals surface area (Å²) in [6.07, 6.45) is 0. The van der Waals surface area contributed by atoms with Crippen molar-refractivity contribution in [1.82, 2.24) is 15.5 Å². The average molecular weight is 326 g/mol. The number of hydrogen-bond donors (Lipinski definition) is 2. The number of carboxylic acid groups (broad SMARTS) is 1. The van der Waals surface area contributed by atoms with Gasteiger partial charge >= 0.3 is 5.97 Å². The van der Waals surface area contributed by atoms with E-state index in [1.807, 2.05) is 24.3 Å². The maximum absolute atomic E-state index is 10.7. The molecule has 1 atom stereocenters. The number of rotatable bonds is 5. The van der Waals surface area contributed by atoms with Crippen LogP contribution in [0.15, 0.2) is 33.2 Å². The largest absolute Gasteiger partial charge is 0.480 e. The van der Waals surface area contributed by atoms with Crippen LogP contribution in [0.3, 0.4) is 0 Å². The fraction of sp³-hybridized carbons (Fsp3) is 0.250. The van der Waals surface area contributed by atoms with Gasteiger partial charge < -0.3 is 9.52 Å². The highest BCUT2D eigenvalue weighted by Gasteiger charge is 2.14. The third kappa shape index (κ3) is 3.39. The Balaban J connectivity index is 2.08. The van der Waals surface area contributed by atoms with Crippen molar-refractivity contribution in [2.45, 2.75) is 19.5 Å². The zero-order valence-electron chi connectivity index (χ0n) is 10.1. The van der Waals surface area contributed by atoms with Crippen molar-refractivity contribution >= 4 is 21.9 Å². The summed E-state index contributed by atoms with van der Waals surface area (Å²) >= 11 is 3.40. The minimum Gasteiger partial charge on any atom is -0.480 e. The molecule has 0 bridgehead atoms. The molecule has 0 aliphatic heterocycles. The third-order valence-corrected chi connectivity index (χ3v) is 3.19. The number of aliphatic carboxylic acids is 1. The summed E-state index contributed by atoms with van der Waals surface area (Å²) in [6, 6.07) is 6.83. The van der Waals surface area contributed by atoms with Crippen molar-refractivity contribution in [3.8, 4) is 11.5 Å². The Morgan fingerprint density at radius 3 is 2.89 bits per heavy atom. The molecule has 7 heteroatoms. The fourth-order valence-corrected chi connectivity index (χ4v) is 1.85. The number of nitrogens with zero attached hydrogens (tertiary/aromatic N) is 2. The lowest BCUT2D eigenvalue weighted by atomic mass is 10.2. The molecular formula is C12H12BrN3O3. The molecule has 0 aliphatic rings. The van der Waals surface area contributed by atoms with Crippen molar-refractivity contribution in [1.29, 1.82) is 0 Å². The normalized spacial score (nSPS) is 12.3. The smallest absolute Gasteiger partial charge is 0.320 e. The predicted octanol–water partition coefficient (Wildman–Crippen LogP) is 2.06. The molecule has 0 saturated heterocycles. The Kier molecular flexibility index (Phi) is 4.28. The number of benzene rings is 1. The summed E-state index contributed by atoms with van der Waals surface area (Å²) < 4.78 is 6.33. The molecule has 1 aromatic carbocycles. The Labute approximate surface area is 118 Å². The minimum absolute atomic E-state index is 0.213. The number of hydrogen-bond acceptors (Lipinski definition) is 5. The molecule has 100 valence electrons. The van der Waals surface area contributed by atoms with Gasteiger partial charge in [0.1, 0.15) is 6.04 Å². The van der Waals surface area contributed by atoms with Gasteiger partial charge in [-0.2, -0.15) is 0 Å². The quantitative estimate of drug-likeness (QED) is 0.874. The fourth-order valence-electron chi connectivity index (χ4n) is 1.40. The van der Waals surface area contributed by atoms with Crippen LogP contribution < -0.4 is 5.32 Å². The first-order chi connectivity index (χ1) is 9.08. The summed E-state index contributed by atoms with van der Waals surface area (Å²) in [6.45, 7) is 1.76. The molecule has 6 nitrogen and oxygen atoms in total. The van der Waals surface area contributed by atoms with Crippen LogP contribution in [-0.4, -0.2) is 27.3 Å². The second kappa shape index (κ2) is 5.94. The van der Waals surface area contributed by atoms with Crippen LogP contribution in [0.5, 0.6) is 0 Å². The number of carboxylic acids is 1. The molecule has 2 aromatic rings. The van der Waals surface area contributed by atoms with E-state index in [2.05, 4.69) is 31.4 Å². The zero-order valence-corrected chi connectivity index (χ0v) is 11.7. The van der Waals surface area contributed by atoms with E-state index >= 15 is 0 Å². The highest BCUT2D eigenvalue weighted by atomic mass is 79.9. The lowest BCUT2D eigenvalue weighted by Crippen LogP contribution is -2.33. The molecule has 0 radical (unpaired) electrons. The molecule has 0 unspecified atom stereocenters. The molecule has 2 N–H and O–H groups in total. The van der Waals surface area contributed by atoms with Crippen LogP contribution in [0, 0.1) is 0 Å². The van der Waals surface area contributed by atoms with E-state index in [1.54, 1.807) is 6.92 Å². The Bertz CT molecular complexity index is 585. The van der Waals surface area contributed by atoms with E-state index < -0.39 is 12.0 Å². The average Bonchev–Trinajstić information content (AvgIpc) is 2.85. The molecule has 0 spiro atoms. The molecule has 1 heterocycles. The Morgan fingerprint density at radius 2 is 2.21 bits per heavy atom. The highest BCUT2D eigenvalue weighted by Crippen LogP contribution is 2.26. The maximum Gasteiger partial charge on any atom is 0.320 e.